The summed E-state index contributed by atoms with van der Waals surface area (Å²) in [5.41, 5.74) is 1.55. The van der Waals surface area contributed by atoms with Gasteiger partial charge >= 0.3 is 5.97 Å². The summed E-state index contributed by atoms with van der Waals surface area (Å²) in [5, 5.41) is 12.3. The van der Waals surface area contributed by atoms with Gasteiger partial charge in [0.05, 0.1) is 6.33 Å². The number of aromatic carboxylic acids is 1. The van der Waals surface area contributed by atoms with Crippen molar-refractivity contribution in [2.75, 3.05) is 0 Å². The fourth-order valence-electron chi connectivity index (χ4n) is 1.74. The maximum Gasteiger partial charge on any atom is 0.358 e. The van der Waals surface area contributed by atoms with Crippen molar-refractivity contribution in [2.45, 2.75) is 0 Å². The fraction of sp³-hybridized carbons (Fsp3) is 0. The number of carbonyl (C=O) groups is 1. The molecule has 1 aromatic carbocycles. The predicted octanol–water partition coefficient (Wildman–Crippen LogP) is 2.23. The van der Waals surface area contributed by atoms with E-state index in [0.717, 1.165) is 11.3 Å². The molecule has 0 fully saturated rings. The van der Waals surface area contributed by atoms with Crippen molar-refractivity contribution in [3.63, 3.8) is 0 Å². The number of hydrogen-bond donors (Lipinski definition) is 1. The van der Waals surface area contributed by atoms with Crippen LogP contribution in [0.25, 0.3) is 17.0 Å². The number of rotatable bonds is 3. The molecular formula is C13H9N3O3. The van der Waals surface area contributed by atoms with E-state index in [2.05, 4.69) is 10.1 Å². The molecule has 1 N–H and O–H groups in total. The molecule has 0 saturated heterocycles. The molecule has 0 saturated carbocycles. The molecule has 6 nitrogen and oxygen atoms in total. The largest absolute Gasteiger partial charge is 0.476 e. The zero-order valence-corrected chi connectivity index (χ0v) is 9.72. The van der Waals surface area contributed by atoms with E-state index in [1.165, 1.54) is 6.07 Å². The fourth-order valence-corrected chi connectivity index (χ4v) is 1.74. The molecule has 2 heterocycles. The Morgan fingerprint density at radius 3 is 2.89 bits per heavy atom. The molecule has 0 amide bonds. The smallest absolute Gasteiger partial charge is 0.358 e. The van der Waals surface area contributed by atoms with Crippen molar-refractivity contribution in [1.82, 2.24) is 14.7 Å². The van der Waals surface area contributed by atoms with Crippen LogP contribution >= 0.6 is 0 Å². The van der Waals surface area contributed by atoms with Gasteiger partial charge < -0.3 is 14.2 Å². The van der Waals surface area contributed by atoms with E-state index in [4.69, 9.17) is 9.63 Å². The van der Waals surface area contributed by atoms with Crippen LogP contribution in [-0.2, 0) is 0 Å². The third-order valence-electron chi connectivity index (χ3n) is 2.66. The monoisotopic (exact) mass is 255 g/mol. The lowest BCUT2D eigenvalue weighted by atomic mass is 10.1. The molecule has 94 valence electrons. The number of nitrogens with zero attached hydrogens (tertiary/aromatic N) is 3. The molecule has 0 bridgehead atoms. The molecule has 0 aliphatic heterocycles. The van der Waals surface area contributed by atoms with Crippen molar-refractivity contribution in [3.8, 4) is 17.0 Å². The first kappa shape index (κ1) is 11.2. The lowest BCUT2D eigenvalue weighted by Crippen LogP contribution is -1.94. The zero-order valence-electron chi connectivity index (χ0n) is 9.72. The van der Waals surface area contributed by atoms with Crippen LogP contribution < -0.4 is 0 Å². The van der Waals surface area contributed by atoms with Gasteiger partial charge in [-0.3, -0.25) is 0 Å². The van der Waals surface area contributed by atoms with Gasteiger partial charge in [-0.15, -0.1) is 0 Å². The van der Waals surface area contributed by atoms with Gasteiger partial charge in [0.15, 0.2) is 11.5 Å². The zero-order chi connectivity index (χ0) is 13.2. The van der Waals surface area contributed by atoms with Gasteiger partial charge in [-0.2, -0.15) is 0 Å². The van der Waals surface area contributed by atoms with Crippen LogP contribution in [0.3, 0.4) is 0 Å². The van der Waals surface area contributed by atoms with E-state index in [9.17, 15) is 4.79 Å². The molecular weight excluding hydrogens is 246 g/mol. The maximum atomic E-state index is 10.8. The van der Waals surface area contributed by atoms with Crippen molar-refractivity contribution < 1.29 is 14.4 Å². The van der Waals surface area contributed by atoms with Gasteiger partial charge in [-0.25, -0.2) is 9.78 Å². The Balaban J connectivity index is 2.01. The van der Waals surface area contributed by atoms with Crippen LogP contribution in [-0.4, -0.2) is 25.8 Å². The molecule has 0 unspecified atom stereocenters. The van der Waals surface area contributed by atoms with Crippen LogP contribution in [0.1, 0.15) is 10.5 Å². The number of benzene rings is 1. The SMILES string of the molecule is O=C(O)c1cc(-c2cccc(-n3ccnc3)c2)on1. The highest BCUT2D eigenvalue weighted by atomic mass is 16.5. The van der Waals surface area contributed by atoms with E-state index >= 15 is 0 Å². The highest BCUT2D eigenvalue weighted by Gasteiger charge is 2.12. The Hall–Kier alpha value is -2.89. The number of imidazole rings is 1. The number of hydrogen-bond acceptors (Lipinski definition) is 4. The molecule has 0 aliphatic rings. The number of carboxylic acid groups (broad SMARTS) is 1. The Labute approximate surface area is 107 Å². The standard InChI is InChI=1S/C13H9N3O3/c17-13(18)11-7-12(19-15-11)9-2-1-3-10(6-9)16-5-4-14-8-16/h1-8H,(H,17,18). The Bertz CT molecular complexity index is 716. The second kappa shape index (κ2) is 4.41. The summed E-state index contributed by atoms with van der Waals surface area (Å²) in [6, 6.07) is 8.86. The van der Waals surface area contributed by atoms with Crippen LogP contribution in [0.5, 0.6) is 0 Å². The summed E-state index contributed by atoms with van der Waals surface area (Å²) in [4.78, 5) is 14.7. The molecule has 0 atom stereocenters. The minimum atomic E-state index is -1.11. The van der Waals surface area contributed by atoms with Crippen LogP contribution in [0.4, 0.5) is 0 Å². The summed E-state index contributed by atoms with van der Waals surface area (Å²) in [5.74, 6) is -0.694. The summed E-state index contributed by atoms with van der Waals surface area (Å²) in [7, 11) is 0. The summed E-state index contributed by atoms with van der Waals surface area (Å²) >= 11 is 0. The summed E-state index contributed by atoms with van der Waals surface area (Å²) in [6.45, 7) is 0. The third kappa shape index (κ3) is 2.11. The second-order valence-corrected chi connectivity index (χ2v) is 3.90. The quantitative estimate of drug-likeness (QED) is 0.776. The second-order valence-electron chi connectivity index (χ2n) is 3.90. The minimum Gasteiger partial charge on any atom is -0.476 e. The average Bonchev–Trinajstić information content (AvgIpc) is 3.10. The van der Waals surface area contributed by atoms with Crippen LogP contribution in [0, 0.1) is 0 Å². The van der Waals surface area contributed by atoms with Gasteiger partial charge in [0.2, 0.25) is 0 Å². The lowest BCUT2D eigenvalue weighted by molar-refractivity contribution is 0.0686. The van der Waals surface area contributed by atoms with E-state index in [1.54, 1.807) is 12.5 Å². The van der Waals surface area contributed by atoms with Crippen molar-refractivity contribution in [3.05, 3.63) is 54.7 Å². The highest BCUT2D eigenvalue weighted by Crippen LogP contribution is 2.22. The summed E-state index contributed by atoms with van der Waals surface area (Å²) < 4.78 is 6.87. The Morgan fingerprint density at radius 2 is 2.21 bits per heavy atom. The van der Waals surface area contributed by atoms with Gasteiger partial charge in [0, 0.05) is 29.7 Å². The summed E-state index contributed by atoms with van der Waals surface area (Å²) in [6.07, 6.45) is 5.19. The molecule has 0 radical (unpaired) electrons. The van der Waals surface area contributed by atoms with Crippen molar-refractivity contribution >= 4 is 5.97 Å². The average molecular weight is 255 g/mol. The highest BCUT2D eigenvalue weighted by molar-refractivity contribution is 5.86. The van der Waals surface area contributed by atoms with Crippen molar-refractivity contribution in [2.24, 2.45) is 0 Å². The Kier molecular flexibility index (Phi) is 2.60. The van der Waals surface area contributed by atoms with Crippen molar-refractivity contribution in [1.29, 1.82) is 0 Å². The van der Waals surface area contributed by atoms with Gasteiger partial charge in [0.25, 0.3) is 0 Å². The van der Waals surface area contributed by atoms with E-state index in [-0.39, 0.29) is 5.69 Å². The third-order valence-corrected chi connectivity index (χ3v) is 2.66. The first-order valence-corrected chi connectivity index (χ1v) is 5.53. The van der Waals surface area contributed by atoms with Gasteiger partial charge in [0.1, 0.15) is 0 Å². The molecule has 19 heavy (non-hydrogen) atoms. The topological polar surface area (TPSA) is 81.1 Å². The van der Waals surface area contributed by atoms with Crippen LogP contribution in [0.15, 0.2) is 53.6 Å². The molecule has 0 aliphatic carbocycles. The molecule has 6 heteroatoms. The van der Waals surface area contributed by atoms with Gasteiger partial charge in [-0.1, -0.05) is 17.3 Å². The molecule has 3 aromatic rings. The Morgan fingerprint density at radius 1 is 1.32 bits per heavy atom. The predicted molar refractivity (Wildman–Crippen MR) is 66.0 cm³/mol. The molecule has 2 aromatic heterocycles. The number of carboxylic acids is 1. The first-order chi connectivity index (χ1) is 9.24. The number of aromatic nitrogens is 3. The van der Waals surface area contributed by atoms with E-state index < -0.39 is 5.97 Å². The van der Waals surface area contributed by atoms with E-state index in [0.29, 0.717) is 5.76 Å². The first-order valence-electron chi connectivity index (χ1n) is 5.53. The van der Waals surface area contributed by atoms with Gasteiger partial charge in [-0.05, 0) is 12.1 Å². The lowest BCUT2D eigenvalue weighted by Gasteiger charge is -2.03. The molecule has 3 rings (SSSR count). The van der Waals surface area contributed by atoms with Crippen LogP contribution in [0.2, 0.25) is 0 Å². The normalized spacial score (nSPS) is 10.5. The molecule has 0 spiro atoms. The van der Waals surface area contributed by atoms with E-state index in [1.807, 2.05) is 35.0 Å². The maximum absolute atomic E-state index is 10.8. The minimum absolute atomic E-state index is 0.108.